The zero-order valence-electron chi connectivity index (χ0n) is 10.1. The number of aliphatic carboxylic acids is 1. The number of carboxylic acids is 1. The lowest BCUT2D eigenvalue weighted by Gasteiger charge is -2.08. The smallest absolute Gasteiger partial charge is 0.307 e. The minimum absolute atomic E-state index is 0.0465. The van der Waals surface area contributed by atoms with E-state index in [2.05, 4.69) is 10.4 Å². The summed E-state index contributed by atoms with van der Waals surface area (Å²) >= 11 is 0. The molecule has 1 aromatic carbocycles. The molecule has 0 aliphatic heterocycles. The molecule has 0 fully saturated rings. The maximum Gasteiger partial charge on any atom is 0.307 e. The van der Waals surface area contributed by atoms with Crippen LogP contribution in [0, 0.1) is 0 Å². The second-order valence-corrected chi connectivity index (χ2v) is 4.10. The number of rotatable bonds is 5. The molecule has 0 atom stereocenters. The lowest BCUT2D eigenvalue weighted by atomic mass is 10.0. The molecule has 1 heterocycles. The van der Waals surface area contributed by atoms with Crippen LogP contribution in [0.1, 0.15) is 11.1 Å². The highest BCUT2D eigenvalue weighted by Gasteiger charge is 2.06. The van der Waals surface area contributed by atoms with Gasteiger partial charge in [0.25, 0.3) is 0 Å². The monoisotopic (exact) mass is 245 g/mol. The van der Waals surface area contributed by atoms with Gasteiger partial charge in [-0.15, -0.1) is 0 Å². The fourth-order valence-electron chi connectivity index (χ4n) is 1.78. The maximum atomic E-state index is 10.8. The number of aryl methyl sites for hydroxylation is 1. The molecular formula is C13H15N3O2. The number of carboxylic acid groups (broad SMARTS) is 1. The van der Waals surface area contributed by atoms with Crippen LogP contribution in [0.3, 0.4) is 0 Å². The van der Waals surface area contributed by atoms with Gasteiger partial charge in [0.05, 0.1) is 18.3 Å². The van der Waals surface area contributed by atoms with Gasteiger partial charge in [-0.1, -0.05) is 24.3 Å². The van der Waals surface area contributed by atoms with Crippen molar-refractivity contribution in [2.45, 2.75) is 13.0 Å². The van der Waals surface area contributed by atoms with Crippen LogP contribution in [0.5, 0.6) is 0 Å². The van der Waals surface area contributed by atoms with Crippen molar-refractivity contribution in [1.29, 1.82) is 0 Å². The quantitative estimate of drug-likeness (QED) is 0.840. The Morgan fingerprint density at radius 3 is 2.72 bits per heavy atom. The predicted octanol–water partition coefficient (Wildman–Crippen LogP) is 1.66. The molecule has 0 amide bonds. The van der Waals surface area contributed by atoms with Gasteiger partial charge in [-0.2, -0.15) is 5.10 Å². The topological polar surface area (TPSA) is 67.2 Å². The van der Waals surface area contributed by atoms with Gasteiger partial charge in [-0.05, 0) is 11.1 Å². The van der Waals surface area contributed by atoms with Gasteiger partial charge >= 0.3 is 5.97 Å². The standard InChI is InChI=1S/C13H15N3O2/c1-16-9-12(8-15-16)14-7-11-5-3-2-4-10(11)6-13(17)18/h2-5,8-9,14H,6-7H2,1H3,(H,17,18). The van der Waals surface area contributed by atoms with Crippen molar-refractivity contribution in [3.63, 3.8) is 0 Å². The third-order valence-electron chi connectivity index (χ3n) is 2.65. The molecule has 2 aromatic rings. The first-order valence-electron chi connectivity index (χ1n) is 5.66. The second kappa shape index (κ2) is 5.35. The molecule has 5 nitrogen and oxygen atoms in total. The Labute approximate surface area is 105 Å². The first-order valence-corrected chi connectivity index (χ1v) is 5.66. The van der Waals surface area contributed by atoms with Gasteiger partial charge < -0.3 is 10.4 Å². The van der Waals surface area contributed by atoms with Crippen LogP contribution in [0.25, 0.3) is 0 Å². The number of hydrogen-bond acceptors (Lipinski definition) is 3. The number of nitrogens with zero attached hydrogens (tertiary/aromatic N) is 2. The molecule has 0 saturated carbocycles. The van der Waals surface area contributed by atoms with Crippen LogP contribution >= 0.6 is 0 Å². The van der Waals surface area contributed by atoms with Gasteiger partial charge in [-0.3, -0.25) is 9.48 Å². The number of hydrogen-bond donors (Lipinski definition) is 2. The summed E-state index contributed by atoms with van der Waals surface area (Å²) in [7, 11) is 1.85. The van der Waals surface area contributed by atoms with Gasteiger partial charge in [0.2, 0.25) is 0 Å². The van der Waals surface area contributed by atoms with Gasteiger partial charge in [-0.25, -0.2) is 0 Å². The van der Waals surface area contributed by atoms with E-state index >= 15 is 0 Å². The van der Waals surface area contributed by atoms with E-state index in [0.717, 1.165) is 16.8 Å². The molecule has 2 rings (SSSR count). The fourth-order valence-corrected chi connectivity index (χ4v) is 1.78. The van der Waals surface area contributed by atoms with Gasteiger partial charge in [0, 0.05) is 19.8 Å². The maximum absolute atomic E-state index is 10.8. The van der Waals surface area contributed by atoms with Crippen LogP contribution in [0.2, 0.25) is 0 Å². The Morgan fingerprint density at radius 2 is 2.11 bits per heavy atom. The molecule has 5 heteroatoms. The number of aromatic nitrogens is 2. The van der Waals surface area contributed by atoms with E-state index in [-0.39, 0.29) is 6.42 Å². The predicted molar refractivity (Wildman–Crippen MR) is 68.3 cm³/mol. The SMILES string of the molecule is Cn1cc(NCc2ccccc2CC(=O)O)cn1. The zero-order valence-corrected chi connectivity index (χ0v) is 10.1. The average molecular weight is 245 g/mol. The normalized spacial score (nSPS) is 10.3. The van der Waals surface area contributed by atoms with E-state index < -0.39 is 5.97 Å². The van der Waals surface area contributed by atoms with Crippen molar-refractivity contribution in [3.05, 3.63) is 47.8 Å². The zero-order chi connectivity index (χ0) is 13.0. The average Bonchev–Trinajstić information content (AvgIpc) is 2.73. The van der Waals surface area contributed by atoms with E-state index in [1.54, 1.807) is 10.9 Å². The molecule has 0 unspecified atom stereocenters. The molecule has 0 radical (unpaired) electrons. The summed E-state index contributed by atoms with van der Waals surface area (Å²) in [6.45, 7) is 0.592. The minimum atomic E-state index is -0.816. The summed E-state index contributed by atoms with van der Waals surface area (Å²) in [5.41, 5.74) is 2.74. The highest BCUT2D eigenvalue weighted by Crippen LogP contribution is 2.12. The first-order chi connectivity index (χ1) is 8.65. The highest BCUT2D eigenvalue weighted by molar-refractivity contribution is 5.70. The Morgan fingerprint density at radius 1 is 1.39 bits per heavy atom. The van der Waals surface area contributed by atoms with Crippen molar-refractivity contribution < 1.29 is 9.90 Å². The highest BCUT2D eigenvalue weighted by atomic mass is 16.4. The molecule has 94 valence electrons. The summed E-state index contributed by atoms with van der Waals surface area (Å²) in [5.74, 6) is -0.816. The number of carbonyl (C=O) groups is 1. The molecule has 18 heavy (non-hydrogen) atoms. The van der Waals surface area contributed by atoms with Crippen molar-refractivity contribution in [2.24, 2.45) is 7.05 Å². The molecule has 0 aliphatic rings. The largest absolute Gasteiger partial charge is 0.481 e. The van der Waals surface area contributed by atoms with Crippen molar-refractivity contribution in [1.82, 2.24) is 9.78 Å². The van der Waals surface area contributed by atoms with Crippen LogP contribution in [0.4, 0.5) is 5.69 Å². The third kappa shape index (κ3) is 3.10. The van der Waals surface area contributed by atoms with E-state index in [4.69, 9.17) is 5.11 Å². The van der Waals surface area contributed by atoms with Crippen LogP contribution < -0.4 is 5.32 Å². The van der Waals surface area contributed by atoms with Crippen LogP contribution in [0.15, 0.2) is 36.7 Å². The molecule has 0 aliphatic carbocycles. The Hall–Kier alpha value is -2.30. The first kappa shape index (κ1) is 12.2. The Bertz CT molecular complexity index is 549. The molecule has 0 saturated heterocycles. The van der Waals surface area contributed by atoms with Gasteiger partial charge in [0.15, 0.2) is 0 Å². The second-order valence-electron chi connectivity index (χ2n) is 4.10. The number of benzene rings is 1. The van der Waals surface area contributed by atoms with E-state index in [0.29, 0.717) is 6.54 Å². The Kier molecular flexibility index (Phi) is 3.62. The Balaban J connectivity index is 2.06. The van der Waals surface area contributed by atoms with E-state index in [9.17, 15) is 4.79 Å². The number of anilines is 1. The summed E-state index contributed by atoms with van der Waals surface area (Å²) < 4.78 is 1.71. The molecule has 2 N–H and O–H groups in total. The molecule has 0 bridgehead atoms. The van der Waals surface area contributed by atoms with Crippen molar-refractivity contribution in [2.75, 3.05) is 5.32 Å². The van der Waals surface area contributed by atoms with Crippen LogP contribution in [-0.4, -0.2) is 20.9 Å². The molecule has 1 aromatic heterocycles. The summed E-state index contributed by atoms with van der Waals surface area (Å²) in [6.07, 6.45) is 3.66. The van der Waals surface area contributed by atoms with E-state index in [1.165, 1.54) is 0 Å². The summed E-state index contributed by atoms with van der Waals surface area (Å²) in [5, 5.41) is 16.1. The van der Waals surface area contributed by atoms with Gasteiger partial charge in [0.1, 0.15) is 0 Å². The van der Waals surface area contributed by atoms with Crippen LogP contribution in [-0.2, 0) is 24.8 Å². The lowest BCUT2D eigenvalue weighted by molar-refractivity contribution is -0.136. The summed E-state index contributed by atoms with van der Waals surface area (Å²) in [6, 6.07) is 7.54. The lowest BCUT2D eigenvalue weighted by Crippen LogP contribution is -2.06. The molecule has 0 spiro atoms. The number of nitrogens with one attached hydrogen (secondary N) is 1. The minimum Gasteiger partial charge on any atom is -0.481 e. The fraction of sp³-hybridized carbons (Fsp3) is 0.231. The summed E-state index contributed by atoms with van der Waals surface area (Å²) in [4.78, 5) is 10.8. The van der Waals surface area contributed by atoms with Crippen molar-refractivity contribution >= 4 is 11.7 Å². The van der Waals surface area contributed by atoms with Crippen molar-refractivity contribution in [3.8, 4) is 0 Å². The van der Waals surface area contributed by atoms with E-state index in [1.807, 2.05) is 37.5 Å². The third-order valence-corrected chi connectivity index (χ3v) is 2.65. The molecular weight excluding hydrogens is 230 g/mol.